The van der Waals surface area contributed by atoms with Crippen molar-refractivity contribution in [3.05, 3.63) is 34.5 Å². The zero-order chi connectivity index (χ0) is 11.6. The number of rotatable bonds is 1. The van der Waals surface area contributed by atoms with Gasteiger partial charge in [0.15, 0.2) is 0 Å². The molecule has 0 heterocycles. The van der Waals surface area contributed by atoms with E-state index in [0.29, 0.717) is 5.02 Å². The van der Waals surface area contributed by atoms with E-state index in [1.165, 1.54) is 24.3 Å². The number of hydrogen-bond acceptors (Lipinski definition) is 1. The van der Waals surface area contributed by atoms with Crippen LogP contribution in [0.5, 0.6) is 0 Å². The summed E-state index contributed by atoms with van der Waals surface area (Å²) in [5.41, 5.74) is 0.0180. The standard InChI is InChI=1S/C8H10ClNO/c1-10(2,11)8-5-3-7(9)4-6-8/h3-6H,1-2H3/i1D2,2D2. The maximum absolute atomic E-state index is 12.0. The quantitative estimate of drug-likeness (QED) is 0.475. The van der Waals surface area contributed by atoms with E-state index in [1.54, 1.807) is 0 Å². The third-order valence-corrected chi connectivity index (χ3v) is 1.48. The van der Waals surface area contributed by atoms with Gasteiger partial charge in [-0.1, -0.05) is 11.6 Å². The molecule has 0 saturated carbocycles. The highest BCUT2D eigenvalue weighted by atomic mass is 35.5. The van der Waals surface area contributed by atoms with Crippen LogP contribution in [0.3, 0.4) is 0 Å². The molecule has 0 bridgehead atoms. The lowest BCUT2D eigenvalue weighted by Crippen LogP contribution is -2.32. The highest BCUT2D eigenvalue weighted by Crippen LogP contribution is 2.19. The Kier molecular flexibility index (Phi) is 1.14. The number of nitrogens with zero attached hydrogens (tertiary/aromatic N) is 1. The van der Waals surface area contributed by atoms with Gasteiger partial charge in [0, 0.05) is 17.2 Å². The van der Waals surface area contributed by atoms with Crippen molar-refractivity contribution in [1.82, 2.24) is 4.65 Å². The summed E-state index contributed by atoms with van der Waals surface area (Å²) in [6, 6.07) is 5.54. The molecule has 1 rings (SSSR count). The second-order valence-electron chi connectivity index (χ2n) is 2.19. The number of hydrogen-bond donors (Lipinski definition) is 0. The first-order chi connectivity index (χ1) is 6.89. The van der Waals surface area contributed by atoms with Gasteiger partial charge in [-0.2, -0.15) is 0 Å². The average Bonchev–Trinajstić information content (AvgIpc) is 2.17. The van der Waals surface area contributed by atoms with Gasteiger partial charge >= 0.3 is 0 Å². The highest BCUT2D eigenvalue weighted by molar-refractivity contribution is 6.30. The molecule has 0 radical (unpaired) electrons. The maximum Gasteiger partial charge on any atom is 0.132 e. The molecule has 0 atom stereocenters. The van der Waals surface area contributed by atoms with Crippen LogP contribution in [0.1, 0.15) is 5.48 Å². The van der Waals surface area contributed by atoms with E-state index in [4.69, 9.17) is 17.1 Å². The Morgan fingerprint density at radius 3 is 2.36 bits per heavy atom. The van der Waals surface area contributed by atoms with E-state index in [-0.39, 0.29) is 5.69 Å². The van der Waals surface area contributed by atoms with Crippen molar-refractivity contribution in [1.29, 1.82) is 0 Å². The van der Waals surface area contributed by atoms with Crippen LogP contribution in [0.2, 0.25) is 5.02 Å². The summed E-state index contributed by atoms with van der Waals surface area (Å²) < 4.78 is 26.8. The number of quaternary nitrogens is 1. The average molecular weight is 176 g/mol. The van der Waals surface area contributed by atoms with Gasteiger partial charge in [-0.15, -0.1) is 0 Å². The topological polar surface area (TPSA) is 23.1 Å². The lowest BCUT2D eigenvalue weighted by atomic mass is 10.3. The first-order valence-corrected chi connectivity index (χ1v) is 3.31. The van der Waals surface area contributed by atoms with Gasteiger partial charge in [-0.05, 0) is 12.1 Å². The van der Waals surface area contributed by atoms with E-state index in [2.05, 4.69) is 0 Å². The summed E-state index contributed by atoms with van der Waals surface area (Å²) in [5, 5.41) is 12.4. The predicted molar refractivity (Wildman–Crippen MR) is 48.5 cm³/mol. The van der Waals surface area contributed by atoms with Crippen molar-refractivity contribution in [3.63, 3.8) is 0 Å². The fraction of sp³-hybridized carbons (Fsp3) is 0.250. The summed E-state index contributed by atoms with van der Waals surface area (Å²) in [4.78, 5) is 0. The molecule has 0 unspecified atom stereocenters. The molecule has 1 aromatic rings. The monoisotopic (exact) mass is 175 g/mol. The first kappa shape index (κ1) is 4.45. The van der Waals surface area contributed by atoms with E-state index >= 15 is 0 Å². The van der Waals surface area contributed by atoms with Crippen LogP contribution < -0.4 is 4.65 Å². The lowest BCUT2D eigenvalue weighted by Gasteiger charge is -2.32. The SMILES string of the molecule is [2H]C([2H])[N+]([O-])(c1ccc(Cl)cc1)C([2H])[2H]. The summed E-state index contributed by atoms with van der Waals surface area (Å²) in [6.45, 7) is -3.74. The fourth-order valence-electron chi connectivity index (χ4n) is 0.674. The van der Waals surface area contributed by atoms with Crippen molar-refractivity contribution < 1.29 is 5.48 Å². The van der Waals surface area contributed by atoms with Gasteiger partial charge < -0.3 is 9.85 Å². The van der Waals surface area contributed by atoms with Gasteiger partial charge in [0.2, 0.25) is 0 Å². The van der Waals surface area contributed by atoms with Crippen LogP contribution in [0.25, 0.3) is 0 Å². The minimum absolute atomic E-state index is 0.0180. The smallest absolute Gasteiger partial charge is 0.132 e. The number of hydroxylamine groups is 2. The van der Waals surface area contributed by atoms with Crippen molar-refractivity contribution >= 4 is 17.3 Å². The summed E-state index contributed by atoms with van der Waals surface area (Å²) >= 11 is 5.62. The minimum Gasteiger partial charge on any atom is -0.628 e. The second kappa shape index (κ2) is 2.81. The molecule has 0 aliphatic heterocycles. The summed E-state index contributed by atoms with van der Waals surface area (Å²) in [6.07, 6.45) is 0. The molecule has 0 N–H and O–H groups in total. The molecule has 0 aromatic heterocycles. The Bertz CT molecular complexity index is 322. The van der Waals surface area contributed by atoms with Crippen molar-refractivity contribution in [3.8, 4) is 0 Å². The number of halogens is 1. The third-order valence-electron chi connectivity index (χ3n) is 1.23. The van der Waals surface area contributed by atoms with Crippen molar-refractivity contribution in [2.45, 2.75) is 0 Å². The largest absolute Gasteiger partial charge is 0.628 e. The van der Waals surface area contributed by atoms with Crippen molar-refractivity contribution in [2.24, 2.45) is 0 Å². The number of benzene rings is 1. The zero-order valence-electron chi connectivity index (χ0n) is 9.70. The molecule has 0 fully saturated rings. The Balaban J connectivity index is 3.16. The normalized spacial score (nSPS) is 17.5. The predicted octanol–water partition coefficient (Wildman–Crippen LogP) is 2.40. The Morgan fingerprint density at radius 2 is 1.91 bits per heavy atom. The van der Waals surface area contributed by atoms with E-state index < -0.39 is 18.6 Å². The van der Waals surface area contributed by atoms with Crippen molar-refractivity contribution in [2.75, 3.05) is 14.0 Å². The third kappa shape index (κ3) is 2.19. The maximum atomic E-state index is 12.0. The molecule has 0 amide bonds. The van der Waals surface area contributed by atoms with Gasteiger partial charge in [0.1, 0.15) is 5.69 Å². The molecule has 1 aromatic carbocycles. The molecule has 2 nitrogen and oxygen atoms in total. The molecular formula is C8H10ClNO. The lowest BCUT2D eigenvalue weighted by molar-refractivity contribution is 0.543. The molecular weight excluding hydrogens is 162 g/mol. The Hall–Kier alpha value is -0.570. The van der Waals surface area contributed by atoms with Gasteiger partial charge in [-0.25, -0.2) is 0 Å². The van der Waals surface area contributed by atoms with Crippen LogP contribution in [-0.2, 0) is 0 Å². The zero-order valence-corrected chi connectivity index (χ0v) is 6.45. The first-order valence-electron chi connectivity index (χ1n) is 5.24. The van der Waals surface area contributed by atoms with Crippen LogP contribution in [0, 0.1) is 5.21 Å². The second-order valence-corrected chi connectivity index (χ2v) is 2.62. The molecule has 0 aliphatic rings. The minimum atomic E-state index is -1.87. The molecule has 60 valence electrons. The van der Waals surface area contributed by atoms with Crippen LogP contribution in [0.15, 0.2) is 24.3 Å². The van der Waals surface area contributed by atoms with Crippen LogP contribution in [-0.4, -0.2) is 14.0 Å². The molecule has 0 spiro atoms. The van der Waals surface area contributed by atoms with E-state index in [1.807, 2.05) is 0 Å². The Labute approximate surface area is 76.8 Å². The molecule has 11 heavy (non-hydrogen) atoms. The fourth-order valence-corrected chi connectivity index (χ4v) is 0.800. The molecule has 0 saturated heterocycles. The summed E-state index contributed by atoms with van der Waals surface area (Å²) in [7, 11) is 0. The molecule has 3 heteroatoms. The van der Waals surface area contributed by atoms with E-state index in [9.17, 15) is 5.21 Å². The van der Waals surface area contributed by atoms with Gasteiger partial charge in [-0.3, -0.25) is 0 Å². The van der Waals surface area contributed by atoms with Crippen LogP contribution >= 0.6 is 11.6 Å². The highest BCUT2D eigenvalue weighted by Gasteiger charge is 2.05. The van der Waals surface area contributed by atoms with Gasteiger partial charge in [0.25, 0.3) is 0 Å². The van der Waals surface area contributed by atoms with E-state index in [0.717, 1.165) is 0 Å². The summed E-state index contributed by atoms with van der Waals surface area (Å²) in [5.74, 6) is 0. The Morgan fingerprint density at radius 1 is 1.36 bits per heavy atom. The van der Waals surface area contributed by atoms with Gasteiger partial charge in [0.05, 0.1) is 19.5 Å². The van der Waals surface area contributed by atoms with Crippen LogP contribution in [0.4, 0.5) is 5.69 Å². The molecule has 0 aliphatic carbocycles.